The van der Waals surface area contributed by atoms with Gasteiger partial charge >= 0.3 is 0 Å². The molecule has 0 aliphatic heterocycles. The molecule has 0 saturated heterocycles. The highest BCUT2D eigenvalue weighted by Gasteiger charge is 2.11. The van der Waals surface area contributed by atoms with Crippen LogP contribution in [0, 0.1) is 0 Å². The van der Waals surface area contributed by atoms with Gasteiger partial charge in [0.25, 0.3) is 0 Å². The fourth-order valence-corrected chi connectivity index (χ4v) is 1.66. The smallest absolute Gasteiger partial charge is 0.0123 e. The summed E-state index contributed by atoms with van der Waals surface area (Å²) in [5.41, 5.74) is 11.1. The Morgan fingerprint density at radius 1 is 1.08 bits per heavy atom. The van der Waals surface area contributed by atoms with Gasteiger partial charge in [0.2, 0.25) is 0 Å². The minimum Gasteiger partial charge on any atom is -0.402 e. The lowest BCUT2D eigenvalue weighted by molar-refractivity contribution is 0.936. The third-order valence-corrected chi connectivity index (χ3v) is 2.50. The summed E-state index contributed by atoms with van der Waals surface area (Å²) in [4.78, 5) is 0. The Labute approximate surface area is 72.9 Å². The molecule has 0 fully saturated rings. The second kappa shape index (κ2) is 2.67. The molecule has 1 aliphatic carbocycles. The minimum absolute atomic E-state index is 0.933. The number of hydrogen-bond donors (Lipinski definition) is 1. The molecule has 0 bridgehead atoms. The average molecular weight is 159 g/mol. The maximum Gasteiger partial charge on any atom is 0.0123 e. The lowest BCUT2D eigenvalue weighted by Crippen LogP contribution is -2.12. The molecular formula is C11H13N. The van der Waals surface area contributed by atoms with Crippen molar-refractivity contribution >= 4 is 0 Å². The van der Waals surface area contributed by atoms with Crippen LogP contribution < -0.4 is 5.73 Å². The van der Waals surface area contributed by atoms with Crippen molar-refractivity contribution in [2.24, 2.45) is 5.73 Å². The Hall–Kier alpha value is -1.24. The molecule has 1 aromatic rings. The molecule has 1 aromatic carbocycles. The van der Waals surface area contributed by atoms with E-state index in [1.165, 1.54) is 16.7 Å². The highest BCUT2D eigenvalue weighted by molar-refractivity contribution is 5.38. The fraction of sp³-hybridized carbons (Fsp3) is 0.273. The largest absolute Gasteiger partial charge is 0.402 e. The monoisotopic (exact) mass is 159 g/mol. The first-order valence-corrected chi connectivity index (χ1v) is 4.28. The first-order valence-electron chi connectivity index (χ1n) is 4.28. The summed E-state index contributed by atoms with van der Waals surface area (Å²) in [6.07, 6.45) is 1.96. The third kappa shape index (κ3) is 1.11. The van der Waals surface area contributed by atoms with Gasteiger partial charge in [-0.1, -0.05) is 24.3 Å². The molecule has 0 atom stereocenters. The fourth-order valence-electron chi connectivity index (χ4n) is 1.66. The van der Waals surface area contributed by atoms with Crippen LogP contribution in [-0.4, -0.2) is 0 Å². The Morgan fingerprint density at radius 3 is 2.33 bits per heavy atom. The zero-order valence-corrected chi connectivity index (χ0v) is 7.30. The van der Waals surface area contributed by atoms with Gasteiger partial charge in [0, 0.05) is 12.1 Å². The normalized spacial score (nSPS) is 16.1. The van der Waals surface area contributed by atoms with Gasteiger partial charge in [0.15, 0.2) is 0 Å². The van der Waals surface area contributed by atoms with E-state index in [0.29, 0.717) is 0 Å². The maximum atomic E-state index is 5.87. The van der Waals surface area contributed by atoms with Gasteiger partial charge in [0.1, 0.15) is 0 Å². The highest BCUT2D eigenvalue weighted by atomic mass is 14.6. The van der Waals surface area contributed by atoms with E-state index in [2.05, 4.69) is 31.2 Å². The van der Waals surface area contributed by atoms with Gasteiger partial charge < -0.3 is 5.73 Å². The Balaban J connectivity index is 2.43. The minimum atomic E-state index is 0.933. The van der Waals surface area contributed by atoms with Gasteiger partial charge in [-0.3, -0.25) is 0 Å². The Morgan fingerprint density at radius 2 is 1.67 bits per heavy atom. The molecule has 2 N–H and O–H groups in total. The van der Waals surface area contributed by atoms with Crippen LogP contribution >= 0.6 is 0 Å². The molecular weight excluding hydrogens is 146 g/mol. The number of rotatable bonds is 0. The number of nitrogens with two attached hydrogens (primary N) is 1. The van der Waals surface area contributed by atoms with Crippen molar-refractivity contribution in [3.63, 3.8) is 0 Å². The van der Waals surface area contributed by atoms with E-state index in [9.17, 15) is 0 Å². The van der Waals surface area contributed by atoms with E-state index in [1.54, 1.807) is 0 Å². The molecule has 12 heavy (non-hydrogen) atoms. The molecule has 62 valence electrons. The molecule has 0 spiro atoms. The number of fused-ring (bicyclic) bond motifs is 1. The van der Waals surface area contributed by atoms with Crippen LogP contribution in [0.25, 0.3) is 0 Å². The molecule has 1 aliphatic rings. The van der Waals surface area contributed by atoms with Gasteiger partial charge in [-0.2, -0.15) is 0 Å². The summed E-state index contributed by atoms with van der Waals surface area (Å²) >= 11 is 0. The van der Waals surface area contributed by atoms with Gasteiger partial charge in [-0.15, -0.1) is 0 Å². The van der Waals surface area contributed by atoms with Crippen molar-refractivity contribution in [2.75, 3.05) is 0 Å². The van der Waals surface area contributed by atoms with Crippen LogP contribution in [0.4, 0.5) is 0 Å². The molecule has 0 radical (unpaired) electrons. The van der Waals surface area contributed by atoms with Crippen LogP contribution in [0.15, 0.2) is 35.5 Å². The summed E-state index contributed by atoms with van der Waals surface area (Å²) in [7, 11) is 0. The zero-order chi connectivity index (χ0) is 8.55. The van der Waals surface area contributed by atoms with E-state index in [-0.39, 0.29) is 0 Å². The first kappa shape index (κ1) is 7.41. The standard InChI is InChI=1S/C11H13N/c1-8-6-9-4-2-3-5-10(9)7-11(8)12/h2-5H,6-7,12H2,1H3. The van der Waals surface area contributed by atoms with E-state index in [4.69, 9.17) is 5.73 Å². The quantitative estimate of drug-likeness (QED) is 0.615. The summed E-state index contributed by atoms with van der Waals surface area (Å²) in [5, 5.41) is 0. The van der Waals surface area contributed by atoms with Gasteiger partial charge in [-0.05, 0) is 30.0 Å². The van der Waals surface area contributed by atoms with Crippen molar-refractivity contribution in [2.45, 2.75) is 19.8 Å². The number of benzene rings is 1. The third-order valence-electron chi connectivity index (χ3n) is 2.50. The second-order valence-electron chi connectivity index (χ2n) is 3.43. The van der Waals surface area contributed by atoms with E-state index < -0.39 is 0 Å². The summed E-state index contributed by atoms with van der Waals surface area (Å²) in [6.45, 7) is 2.12. The van der Waals surface area contributed by atoms with Crippen LogP contribution in [0.3, 0.4) is 0 Å². The zero-order valence-electron chi connectivity index (χ0n) is 7.30. The number of allylic oxidation sites excluding steroid dienone is 2. The summed E-state index contributed by atoms with van der Waals surface area (Å²) in [5.74, 6) is 0. The van der Waals surface area contributed by atoms with Crippen molar-refractivity contribution in [1.29, 1.82) is 0 Å². The lowest BCUT2D eigenvalue weighted by atomic mass is 9.90. The van der Waals surface area contributed by atoms with Crippen LogP contribution in [0.5, 0.6) is 0 Å². The predicted octanol–water partition coefficient (Wildman–Crippen LogP) is 2.02. The van der Waals surface area contributed by atoms with Crippen LogP contribution in [0.2, 0.25) is 0 Å². The first-order chi connectivity index (χ1) is 5.77. The van der Waals surface area contributed by atoms with Gasteiger partial charge in [-0.25, -0.2) is 0 Å². The maximum absolute atomic E-state index is 5.87. The van der Waals surface area contributed by atoms with Crippen molar-refractivity contribution in [3.05, 3.63) is 46.7 Å². The second-order valence-corrected chi connectivity index (χ2v) is 3.43. The van der Waals surface area contributed by atoms with Crippen molar-refractivity contribution < 1.29 is 0 Å². The van der Waals surface area contributed by atoms with Crippen molar-refractivity contribution in [3.8, 4) is 0 Å². The van der Waals surface area contributed by atoms with E-state index in [1.807, 2.05) is 0 Å². The molecule has 1 heteroatoms. The van der Waals surface area contributed by atoms with Crippen LogP contribution in [0.1, 0.15) is 18.1 Å². The predicted molar refractivity (Wildman–Crippen MR) is 50.7 cm³/mol. The van der Waals surface area contributed by atoms with E-state index in [0.717, 1.165) is 18.5 Å². The van der Waals surface area contributed by atoms with E-state index >= 15 is 0 Å². The van der Waals surface area contributed by atoms with Crippen molar-refractivity contribution in [1.82, 2.24) is 0 Å². The molecule has 0 heterocycles. The Bertz CT molecular complexity index is 304. The molecule has 2 rings (SSSR count). The summed E-state index contributed by atoms with van der Waals surface area (Å²) in [6, 6.07) is 8.51. The molecule has 1 nitrogen and oxygen atoms in total. The molecule has 0 saturated carbocycles. The van der Waals surface area contributed by atoms with Gasteiger partial charge in [0.05, 0.1) is 0 Å². The summed E-state index contributed by atoms with van der Waals surface area (Å²) < 4.78 is 0. The molecule has 0 unspecified atom stereocenters. The SMILES string of the molecule is CC1=C(N)Cc2ccccc2C1. The van der Waals surface area contributed by atoms with Crippen LogP contribution in [-0.2, 0) is 12.8 Å². The number of hydrogen-bond acceptors (Lipinski definition) is 1. The lowest BCUT2D eigenvalue weighted by Gasteiger charge is -2.17. The molecule has 0 amide bonds. The Kier molecular flexibility index (Phi) is 1.65. The average Bonchev–Trinajstić information content (AvgIpc) is 2.07. The highest BCUT2D eigenvalue weighted by Crippen LogP contribution is 2.22. The molecule has 0 aromatic heterocycles. The topological polar surface area (TPSA) is 26.0 Å².